The molecule has 1 atom stereocenters. The molecule has 0 aromatic carbocycles. The molecule has 0 radical (unpaired) electrons. The summed E-state index contributed by atoms with van der Waals surface area (Å²) in [7, 11) is 0. The molecule has 0 fully saturated rings. The maximum absolute atomic E-state index is 8.86. The number of aromatic nitrogens is 2. The molecule has 0 amide bonds. The monoisotopic (exact) mass is 156 g/mol. The van der Waals surface area contributed by atoms with Crippen molar-refractivity contribution < 1.29 is 9.63 Å². The van der Waals surface area contributed by atoms with Gasteiger partial charge in [0.2, 0.25) is 5.89 Å². The van der Waals surface area contributed by atoms with Crippen LogP contribution in [0.3, 0.4) is 0 Å². The summed E-state index contributed by atoms with van der Waals surface area (Å²) in [6.07, 6.45) is 0.818. The third-order valence-corrected chi connectivity index (χ3v) is 1.61. The van der Waals surface area contributed by atoms with Crippen LogP contribution >= 0.6 is 0 Å². The fourth-order valence-electron chi connectivity index (χ4n) is 0.861. The van der Waals surface area contributed by atoms with E-state index in [4.69, 9.17) is 9.63 Å². The Bertz CT molecular complexity index is 218. The number of hydrogen-bond acceptors (Lipinski definition) is 4. The second-order valence-corrected chi connectivity index (χ2v) is 2.47. The highest BCUT2D eigenvalue weighted by Gasteiger charge is 2.14. The first-order valence-electron chi connectivity index (χ1n) is 3.69. The van der Waals surface area contributed by atoms with Crippen molar-refractivity contribution in [3.05, 3.63) is 11.7 Å². The van der Waals surface area contributed by atoms with Crippen molar-refractivity contribution in [2.75, 3.05) is 6.61 Å². The van der Waals surface area contributed by atoms with Gasteiger partial charge in [0.15, 0.2) is 5.82 Å². The lowest BCUT2D eigenvalue weighted by atomic mass is 10.1. The summed E-state index contributed by atoms with van der Waals surface area (Å²) < 4.78 is 4.89. The van der Waals surface area contributed by atoms with Crippen molar-refractivity contribution in [2.24, 2.45) is 0 Å². The van der Waals surface area contributed by atoms with Crippen molar-refractivity contribution in [2.45, 2.75) is 26.2 Å². The number of aliphatic hydroxyl groups excluding tert-OH is 1. The van der Waals surface area contributed by atoms with E-state index in [0.717, 1.165) is 6.42 Å². The van der Waals surface area contributed by atoms with Crippen LogP contribution in [0.1, 0.15) is 31.0 Å². The molecule has 1 rings (SSSR count). The van der Waals surface area contributed by atoms with Gasteiger partial charge >= 0.3 is 0 Å². The van der Waals surface area contributed by atoms with Crippen LogP contribution in [0, 0.1) is 6.92 Å². The third-order valence-electron chi connectivity index (χ3n) is 1.61. The molecular formula is C7H12N2O2. The Balaban J connectivity index is 2.73. The van der Waals surface area contributed by atoms with Crippen molar-refractivity contribution in [1.82, 2.24) is 10.1 Å². The van der Waals surface area contributed by atoms with E-state index in [2.05, 4.69) is 10.1 Å². The average Bonchev–Trinajstić information content (AvgIpc) is 2.39. The maximum atomic E-state index is 8.86. The van der Waals surface area contributed by atoms with Gasteiger partial charge in [-0.15, -0.1) is 0 Å². The second kappa shape index (κ2) is 3.48. The first-order chi connectivity index (χ1) is 5.27. The number of hydrogen-bond donors (Lipinski definition) is 1. The lowest BCUT2D eigenvalue weighted by Gasteiger charge is -2.03. The quantitative estimate of drug-likeness (QED) is 0.705. The molecule has 4 nitrogen and oxygen atoms in total. The molecule has 0 saturated carbocycles. The summed E-state index contributed by atoms with van der Waals surface area (Å²) >= 11 is 0. The van der Waals surface area contributed by atoms with Crippen LogP contribution in [0.25, 0.3) is 0 Å². The van der Waals surface area contributed by atoms with Crippen LogP contribution < -0.4 is 0 Å². The number of rotatable bonds is 3. The van der Waals surface area contributed by atoms with Gasteiger partial charge in [-0.1, -0.05) is 12.1 Å². The highest BCUT2D eigenvalue weighted by atomic mass is 16.5. The van der Waals surface area contributed by atoms with Gasteiger partial charge in [-0.3, -0.25) is 0 Å². The number of nitrogens with zero attached hydrogens (tertiary/aromatic N) is 2. The molecule has 0 unspecified atom stereocenters. The predicted octanol–water partition coefficient (Wildman–Crippen LogP) is 0.864. The Kier molecular flexibility index (Phi) is 2.59. The topological polar surface area (TPSA) is 59.2 Å². The van der Waals surface area contributed by atoms with E-state index in [0.29, 0.717) is 11.7 Å². The summed E-state index contributed by atoms with van der Waals surface area (Å²) in [5.41, 5.74) is 0. The second-order valence-electron chi connectivity index (χ2n) is 2.47. The smallest absolute Gasteiger partial charge is 0.232 e. The zero-order valence-corrected chi connectivity index (χ0v) is 6.74. The normalized spacial score (nSPS) is 13.4. The molecule has 4 heteroatoms. The van der Waals surface area contributed by atoms with Crippen molar-refractivity contribution in [3.63, 3.8) is 0 Å². The third kappa shape index (κ3) is 1.77. The van der Waals surface area contributed by atoms with Crippen LogP contribution in [0.2, 0.25) is 0 Å². The van der Waals surface area contributed by atoms with Gasteiger partial charge in [0.05, 0.1) is 12.5 Å². The molecule has 1 aromatic rings. The molecule has 0 aliphatic heterocycles. The van der Waals surface area contributed by atoms with Crippen LogP contribution in [0.15, 0.2) is 4.52 Å². The fraction of sp³-hybridized carbons (Fsp3) is 0.714. The minimum Gasteiger partial charge on any atom is -0.396 e. The lowest BCUT2D eigenvalue weighted by Crippen LogP contribution is -2.02. The zero-order chi connectivity index (χ0) is 8.27. The molecular weight excluding hydrogens is 144 g/mol. The number of aliphatic hydroxyl groups is 1. The van der Waals surface area contributed by atoms with Gasteiger partial charge in [0, 0.05) is 0 Å². The van der Waals surface area contributed by atoms with Gasteiger partial charge in [-0.2, -0.15) is 4.98 Å². The summed E-state index contributed by atoms with van der Waals surface area (Å²) in [5.74, 6) is 1.15. The Hall–Kier alpha value is -0.900. The van der Waals surface area contributed by atoms with Crippen molar-refractivity contribution in [3.8, 4) is 0 Å². The largest absolute Gasteiger partial charge is 0.396 e. The molecule has 0 aliphatic carbocycles. The highest BCUT2D eigenvalue weighted by Crippen LogP contribution is 2.15. The molecule has 1 N–H and O–H groups in total. The molecule has 62 valence electrons. The van der Waals surface area contributed by atoms with E-state index in [1.54, 1.807) is 6.92 Å². The van der Waals surface area contributed by atoms with Gasteiger partial charge in [0.1, 0.15) is 0 Å². The van der Waals surface area contributed by atoms with Gasteiger partial charge in [-0.25, -0.2) is 0 Å². The van der Waals surface area contributed by atoms with E-state index in [-0.39, 0.29) is 12.5 Å². The SMILES string of the molecule is CC[C@H](CO)c1nc(C)no1. The van der Waals surface area contributed by atoms with Crippen LogP contribution in [-0.2, 0) is 0 Å². The summed E-state index contributed by atoms with van der Waals surface area (Å²) in [5, 5.41) is 12.5. The molecule has 1 aromatic heterocycles. The first-order valence-corrected chi connectivity index (χ1v) is 3.69. The molecule has 0 spiro atoms. The van der Waals surface area contributed by atoms with Crippen LogP contribution in [0.5, 0.6) is 0 Å². The number of aryl methyl sites for hydroxylation is 1. The average molecular weight is 156 g/mol. The first kappa shape index (κ1) is 8.20. The van der Waals surface area contributed by atoms with Gasteiger partial charge < -0.3 is 9.63 Å². The summed E-state index contributed by atoms with van der Waals surface area (Å²) in [6.45, 7) is 3.80. The lowest BCUT2D eigenvalue weighted by molar-refractivity contribution is 0.230. The Morgan fingerprint density at radius 2 is 2.36 bits per heavy atom. The van der Waals surface area contributed by atoms with E-state index in [1.807, 2.05) is 6.92 Å². The highest BCUT2D eigenvalue weighted by molar-refractivity contribution is 4.91. The maximum Gasteiger partial charge on any atom is 0.232 e. The molecule has 11 heavy (non-hydrogen) atoms. The predicted molar refractivity (Wildman–Crippen MR) is 39.2 cm³/mol. The molecule has 0 saturated heterocycles. The minimum absolute atomic E-state index is 0.00352. The van der Waals surface area contributed by atoms with E-state index in [9.17, 15) is 0 Å². The van der Waals surface area contributed by atoms with Crippen LogP contribution in [-0.4, -0.2) is 21.9 Å². The Labute approximate surface area is 65.2 Å². The van der Waals surface area contributed by atoms with Crippen molar-refractivity contribution >= 4 is 0 Å². The molecule has 0 aliphatic rings. The van der Waals surface area contributed by atoms with Gasteiger partial charge in [0.25, 0.3) is 0 Å². The Morgan fingerprint density at radius 1 is 1.64 bits per heavy atom. The van der Waals surface area contributed by atoms with Crippen LogP contribution in [0.4, 0.5) is 0 Å². The van der Waals surface area contributed by atoms with Gasteiger partial charge in [-0.05, 0) is 13.3 Å². The van der Waals surface area contributed by atoms with E-state index < -0.39 is 0 Å². The Morgan fingerprint density at radius 3 is 2.73 bits per heavy atom. The zero-order valence-electron chi connectivity index (χ0n) is 6.74. The minimum atomic E-state index is -0.00352. The molecule has 1 heterocycles. The van der Waals surface area contributed by atoms with E-state index >= 15 is 0 Å². The van der Waals surface area contributed by atoms with E-state index in [1.165, 1.54) is 0 Å². The summed E-state index contributed by atoms with van der Waals surface area (Å²) in [6, 6.07) is 0. The van der Waals surface area contributed by atoms with Crippen molar-refractivity contribution in [1.29, 1.82) is 0 Å². The molecule has 0 bridgehead atoms. The fourth-order valence-corrected chi connectivity index (χ4v) is 0.861. The standard InChI is InChI=1S/C7H12N2O2/c1-3-6(4-10)7-8-5(2)9-11-7/h6,10H,3-4H2,1-2H3/t6-/m1/s1. The summed E-state index contributed by atoms with van der Waals surface area (Å²) in [4.78, 5) is 4.01.